The van der Waals surface area contributed by atoms with E-state index in [0.717, 1.165) is 23.8 Å². The van der Waals surface area contributed by atoms with Gasteiger partial charge in [-0.3, -0.25) is 30.3 Å². The number of hydrogen-bond acceptors (Lipinski definition) is 8. The first-order valence-corrected chi connectivity index (χ1v) is 8.43. The number of nitrogens with one attached hydrogen (secondary N) is 1. The Bertz CT molecular complexity index is 1060. The number of carbonyl (C=O) groups excluding carboxylic acids is 1. The van der Waals surface area contributed by atoms with Crippen molar-refractivity contribution in [3.63, 3.8) is 0 Å². The van der Waals surface area contributed by atoms with E-state index in [1.807, 2.05) is 12.1 Å². The van der Waals surface area contributed by atoms with E-state index in [1.54, 1.807) is 12.1 Å². The predicted molar refractivity (Wildman–Crippen MR) is 102 cm³/mol. The number of carbonyl (C=O) groups is 1. The zero-order valence-corrected chi connectivity index (χ0v) is 15.4. The number of rotatable bonds is 6. The Morgan fingerprint density at radius 3 is 2.10 bits per heavy atom. The average Bonchev–Trinajstić information content (AvgIpc) is 3.16. The molecule has 0 saturated heterocycles. The van der Waals surface area contributed by atoms with E-state index in [0.29, 0.717) is 11.5 Å². The molecule has 0 fully saturated rings. The highest BCUT2D eigenvalue weighted by molar-refractivity contribution is 6.04. The van der Waals surface area contributed by atoms with Crippen LogP contribution >= 0.6 is 0 Å². The van der Waals surface area contributed by atoms with Crippen LogP contribution in [0.25, 0.3) is 11.5 Å². The van der Waals surface area contributed by atoms with Gasteiger partial charge in [0.05, 0.1) is 21.5 Å². The predicted octanol–water partition coefficient (Wildman–Crippen LogP) is 3.93. The van der Waals surface area contributed by atoms with Gasteiger partial charge in [-0.2, -0.15) is 0 Å². The zero-order chi connectivity index (χ0) is 21.1. The van der Waals surface area contributed by atoms with E-state index in [-0.39, 0.29) is 17.5 Å². The molecule has 1 N–H and O–H groups in total. The van der Waals surface area contributed by atoms with Gasteiger partial charge in [0.25, 0.3) is 17.3 Å². The molecule has 0 bridgehead atoms. The third kappa shape index (κ3) is 4.40. The molecule has 29 heavy (non-hydrogen) atoms. The van der Waals surface area contributed by atoms with Crippen LogP contribution in [0.5, 0.6) is 0 Å². The van der Waals surface area contributed by atoms with Gasteiger partial charge in [0.15, 0.2) is 0 Å². The van der Waals surface area contributed by atoms with Crippen molar-refractivity contribution in [1.82, 2.24) is 10.2 Å². The quantitative estimate of drug-likeness (QED) is 0.484. The summed E-state index contributed by atoms with van der Waals surface area (Å²) in [6.45, 7) is 4.13. The van der Waals surface area contributed by atoms with Crippen LogP contribution in [0.15, 0.2) is 46.9 Å². The molecule has 1 heterocycles. The molecule has 0 unspecified atom stereocenters. The molecule has 0 saturated carbocycles. The van der Waals surface area contributed by atoms with E-state index in [4.69, 9.17) is 4.42 Å². The molecule has 0 spiro atoms. The lowest BCUT2D eigenvalue weighted by molar-refractivity contribution is -0.394. The number of hydrogen-bond donors (Lipinski definition) is 1. The van der Waals surface area contributed by atoms with Gasteiger partial charge < -0.3 is 4.42 Å². The second-order valence-corrected chi connectivity index (χ2v) is 6.40. The maximum absolute atomic E-state index is 12.3. The van der Waals surface area contributed by atoms with Crippen LogP contribution in [0.1, 0.15) is 35.7 Å². The second kappa shape index (κ2) is 7.84. The smallest absolute Gasteiger partial charge is 0.322 e. The number of amides is 1. The van der Waals surface area contributed by atoms with E-state index in [1.165, 1.54) is 0 Å². The van der Waals surface area contributed by atoms with Crippen molar-refractivity contribution < 1.29 is 19.1 Å². The summed E-state index contributed by atoms with van der Waals surface area (Å²) in [4.78, 5) is 32.6. The number of nitrogens with zero attached hydrogens (tertiary/aromatic N) is 4. The number of non-ortho nitro benzene ring substituents is 2. The minimum atomic E-state index is -0.859. The Balaban J connectivity index is 1.81. The first-order chi connectivity index (χ1) is 13.7. The normalized spacial score (nSPS) is 10.7. The Morgan fingerprint density at radius 2 is 1.59 bits per heavy atom. The van der Waals surface area contributed by atoms with Crippen LogP contribution in [-0.2, 0) is 0 Å². The van der Waals surface area contributed by atoms with Crippen LogP contribution in [0, 0.1) is 20.2 Å². The van der Waals surface area contributed by atoms with Crippen molar-refractivity contribution in [3.05, 3.63) is 73.8 Å². The summed E-state index contributed by atoms with van der Waals surface area (Å²) in [5.74, 6) is -0.330. The largest absolute Gasteiger partial charge is 0.403 e. The minimum Gasteiger partial charge on any atom is -0.403 e. The molecule has 11 nitrogen and oxygen atoms in total. The third-order valence-electron chi connectivity index (χ3n) is 4.06. The maximum Gasteiger partial charge on any atom is 0.322 e. The van der Waals surface area contributed by atoms with Gasteiger partial charge in [-0.25, -0.2) is 0 Å². The number of aromatic nitrogens is 2. The number of benzene rings is 2. The molecule has 148 valence electrons. The molecule has 11 heteroatoms. The van der Waals surface area contributed by atoms with Gasteiger partial charge in [-0.15, -0.1) is 5.10 Å². The average molecular weight is 397 g/mol. The minimum absolute atomic E-state index is 0.167. The van der Waals surface area contributed by atoms with Gasteiger partial charge in [-0.05, 0) is 23.6 Å². The standard InChI is InChI=1S/C18H15N5O6/c1-10(2)11-3-5-12(6-4-11)17-20-21-18(29-17)19-16(24)13-7-14(22(25)26)9-15(8-13)23(27)28/h3-10H,1-2H3,(H,19,21,24). The lowest BCUT2D eigenvalue weighted by Gasteiger charge is -2.04. The summed E-state index contributed by atoms with van der Waals surface area (Å²) in [5.41, 5.74) is 0.330. The highest BCUT2D eigenvalue weighted by atomic mass is 16.6. The maximum atomic E-state index is 12.3. The van der Waals surface area contributed by atoms with Crippen molar-refractivity contribution >= 4 is 23.3 Å². The van der Waals surface area contributed by atoms with Crippen LogP contribution in [0.4, 0.5) is 17.4 Å². The van der Waals surface area contributed by atoms with Gasteiger partial charge in [0, 0.05) is 17.7 Å². The molecule has 0 radical (unpaired) electrons. The van der Waals surface area contributed by atoms with Crippen LogP contribution in [0.2, 0.25) is 0 Å². The first-order valence-electron chi connectivity index (χ1n) is 8.43. The van der Waals surface area contributed by atoms with Crippen molar-refractivity contribution in [3.8, 4) is 11.5 Å². The summed E-state index contributed by atoms with van der Waals surface area (Å²) in [6.07, 6.45) is 0. The third-order valence-corrected chi connectivity index (χ3v) is 4.06. The molecular formula is C18H15N5O6. The monoisotopic (exact) mass is 397 g/mol. The first kappa shape index (κ1) is 19.6. The van der Waals surface area contributed by atoms with Gasteiger partial charge >= 0.3 is 6.01 Å². The molecule has 3 rings (SSSR count). The fourth-order valence-corrected chi connectivity index (χ4v) is 2.51. The molecule has 1 aromatic heterocycles. The summed E-state index contributed by atoms with van der Waals surface area (Å²) >= 11 is 0. The fraction of sp³-hybridized carbons (Fsp3) is 0.167. The van der Waals surface area contributed by atoms with Gasteiger partial charge in [0.1, 0.15) is 0 Å². The highest BCUT2D eigenvalue weighted by Gasteiger charge is 2.21. The molecule has 0 aliphatic heterocycles. The summed E-state index contributed by atoms with van der Waals surface area (Å²) in [5, 5.41) is 31.7. The Kier molecular flexibility index (Phi) is 5.30. The zero-order valence-electron chi connectivity index (χ0n) is 15.4. The molecule has 2 aromatic carbocycles. The molecule has 3 aromatic rings. The summed E-state index contributed by atoms with van der Waals surface area (Å²) in [6, 6.07) is 9.82. The fourth-order valence-electron chi connectivity index (χ4n) is 2.51. The highest BCUT2D eigenvalue weighted by Crippen LogP contribution is 2.25. The topological polar surface area (TPSA) is 154 Å². The van der Waals surface area contributed by atoms with E-state index >= 15 is 0 Å². The number of nitro benzene ring substituents is 2. The molecular weight excluding hydrogens is 382 g/mol. The molecule has 0 aliphatic carbocycles. The number of anilines is 1. The van der Waals surface area contributed by atoms with Crippen LogP contribution in [0.3, 0.4) is 0 Å². The van der Waals surface area contributed by atoms with Crippen LogP contribution in [-0.4, -0.2) is 26.0 Å². The number of nitro groups is 2. The Hall–Kier alpha value is -4.15. The SMILES string of the molecule is CC(C)c1ccc(-c2nnc(NC(=O)c3cc([N+](=O)[O-])cc([N+](=O)[O-])c3)o2)cc1. The van der Waals surface area contributed by atoms with Crippen molar-refractivity contribution in [2.75, 3.05) is 5.32 Å². The molecule has 0 atom stereocenters. The van der Waals surface area contributed by atoms with Crippen molar-refractivity contribution in [2.24, 2.45) is 0 Å². The molecule has 0 aliphatic rings. The van der Waals surface area contributed by atoms with Gasteiger partial charge in [-0.1, -0.05) is 31.1 Å². The second-order valence-electron chi connectivity index (χ2n) is 6.40. The van der Waals surface area contributed by atoms with Crippen molar-refractivity contribution in [1.29, 1.82) is 0 Å². The van der Waals surface area contributed by atoms with E-state index in [2.05, 4.69) is 29.4 Å². The van der Waals surface area contributed by atoms with E-state index < -0.39 is 27.1 Å². The van der Waals surface area contributed by atoms with E-state index in [9.17, 15) is 25.0 Å². The summed E-state index contributed by atoms with van der Waals surface area (Å²) < 4.78 is 5.40. The van der Waals surface area contributed by atoms with Crippen LogP contribution < -0.4 is 5.32 Å². The Morgan fingerprint density at radius 1 is 1.00 bits per heavy atom. The lowest BCUT2D eigenvalue weighted by atomic mass is 10.0. The van der Waals surface area contributed by atoms with Gasteiger partial charge in [0.2, 0.25) is 5.89 Å². The Labute approximate surface area is 163 Å². The lowest BCUT2D eigenvalue weighted by Crippen LogP contribution is -2.13. The van der Waals surface area contributed by atoms with Crippen molar-refractivity contribution in [2.45, 2.75) is 19.8 Å². The molecule has 1 amide bonds. The summed E-state index contributed by atoms with van der Waals surface area (Å²) in [7, 11) is 0.